The van der Waals surface area contributed by atoms with Crippen LogP contribution in [0.4, 0.5) is 10.1 Å². The Kier molecular flexibility index (Phi) is 4.49. The highest BCUT2D eigenvalue weighted by Gasteiger charge is 2.17. The van der Waals surface area contributed by atoms with Gasteiger partial charge in [0.15, 0.2) is 0 Å². The van der Waals surface area contributed by atoms with Crippen LogP contribution in [-0.4, -0.2) is 15.7 Å². The molecular formula is C18H15BrFN3O. The molecule has 1 N–H and O–H groups in total. The lowest BCUT2D eigenvalue weighted by atomic mass is 10.2. The van der Waals surface area contributed by atoms with Crippen molar-refractivity contribution in [1.82, 2.24) is 9.78 Å². The molecule has 1 aromatic heterocycles. The first-order valence-electron chi connectivity index (χ1n) is 7.34. The normalized spacial score (nSPS) is 10.7. The summed E-state index contributed by atoms with van der Waals surface area (Å²) >= 11 is 3.43. The zero-order valence-electron chi connectivity index (χ0n) is 13.2. The number of aromatic nitrogens is 2. The van der Waals surface area contributed by atoms with Crippen LogP contribution in [0, 0.1) is 19.7 Å². The van der Waals surface area contributed by atoms with Gasteiger partial charge in [-0.1, -0.05) is 18.2 Å². The molecule has 0 saturated carbocycles. The average molecular weight is 388 g/mol. The molecule has 0 radical (unpaired) electrons. The van der Waals surface area contributed by atoms with Crippen LogP contribution in [0.1, 0.15) is 21.6 Å². The first-order chi connectivity index (χ1) is 11.5. The number of nitrogens with one attached hydrogen (secondary N) is 1. The van der Waals surface area contributed by atoms with Crippen molar-refractivity contribution in [2.45, 2.75) is 13.8 Å². The summed E-state index contributed by atoms with van der Waals surface area (Å²) in [5.41, 5.74) is 3.03. The molecule has 0 unspecified atom stereocenters. The molecule has 4 nitrogen and oxygen atoms in total. The summed E-state index contributed by atoms with van der Waals surface area (Å²) in [5.74, 6) is -0.684. The van der Waals surface area contributed by atoms with E-state index in [0.29, 0.717) is 22.6 Å². The number of hydrogen-bond acceptors (Lipinski definition) is 2. The van der Waals surface area contributed by atoms with Gasteiger partial charge in [-0.15, -0.1) is 0 Å². The molecule has 2 aromatic carbocycles. The third kappa shape index (κ3) is 3.10. The summed E-state index contributed by atoms with van der Waals surface area (Å²) in [6, 6.07) is 12.0. The Hall–Kier alpha value is -2.47. The smallest absolute Gasteiger partial charge is 0.259 e. The fraction of sp³-hybridized carbons (Fsp3) is 0.111. The fourth-order valence-corrected chi connectivity index (χ4v) is 3.00. The molecule has 0 atom stereocenters. The quantitative estimate of drug-likeness (QED) is 0.711. The Morgan fingerprint density at radius 2 is 1.96 bits per heavy atom. The lowest BCUT2D eigenvalue weighted by Crippen LogP contribution is -2.13. The molecule has 0 saturated heterocycles. The van der Waals surface area contributed by atoms with E-state index in [1.54, 1.807) is 25.1 Å². The van der Waals surface area contributed by atoms with E-state index in [-0.39, 0.29) is 5.91 Å². The number of benzene rings is 2. The second-order valence-corrected chi connectivity index (χ2v) is 6.30. The summed E-state index contributed by atoms with van der Waals surface area (Å²) < 4.78 is 16.2. The molecule has 0 aliphatic heterocycles. The van der Waals surface area contributed by atoms with E-state index in [4.69, 9.17) is 0 Å². The van der Waals surface area contributed by atoms with Crippen molar-refractivity contribution < 1.29 is 9.18 Å². The first kappa shape index (κ1) is 16.4. The van der Waals surface area contributed by atoms with Gasteiger partial charge in [0.25, 0.3) is 5.91 Å². The number of rotatable bonds is 3. The molecule has 0 aliphatic rings. The minimum atomic E-state index is -0.392. The van der Waals surface area contributed by atoms with Crippen LogP contribution in [0.15, 0.2) is 53.1 Å². The molecule has 6 heteroatoms. The number of hydrogen-bond donors (Lipinski definition) is 1. The standard InChI is InChI=1S/C18H15BrFN3O/c1-11-7-8-16(14(19)9-11)22-18(24)13-10-21-23(12(13)2)17-6-4-3-5-15(17)20/h3-10H,1-2H3,(H,22,24). The number of anilines is 1. The summed E-state index contributed by atoms with van der Waals surface area (Å²) in [4.78, 5) is 12.5. The Bertz CT molecular complexity index is 920. The lowest BCUT2D eigenvalue weighted by molar-refractivity contribution is 0.102. The molecule has 0 aliphatic carbocycles. The van der Waals surface area contributed by atoms with Crippen molar-refractivity contribution in [3.63, 3.8) is 0 Å². The highest BCUT2D eigenvalue weighted by molar-refractivity contribution is 9.10. The number of halogens is 2. The maximum atomic E-state index is 13.9. The van der Waals surface area contributed by atoms with Crippen LogP contribution in [0.5, 0.6) is 0 Å². The van der Waals surface area contributed by atoms with Gasteiger partial charge in [-0.2, -0.15) is 5.10 Å². The monoisotopic (exact) mass is 387 g/mol. The summed E-state index contributed by atoms with van der Waals surface area (Å²) in [5, 5.41) is 6.99. The van der Waals surface area contributed by atoms with Gasteiger partial charge >= 0.3 is 0 Å². The molecule has 3 aromatic rings. The molecule has 0 fully saturated rings. The zero-order valence-corrected chi connectivity index (χ0v) is 14.8. The maximum Gasteiger partial charge on any atom is 0.259 e. The van der Waals surface area contributed by atoms with Crippen LogP contribution >= 0.6 is 15.9 Å². The van der Waals surface area contributed by atoms with E-state index in [2.05, 4.69) is 26.3 Å². The minimum absolute atomic E-state index is 0.292. The van der Waals surface area contributed by atoms with E-state index in [1.165, 1.54) is 16.9 Å². The number of para-hydroxylation sites is 1. The number of nitrogens with zero attached hydrogens (tertiary/aromatic N) is 2. The summed E-state index contributed by atoms with van der Waals surface area (Å²) in [6.07, 6.45) is 1.44. The number of aryl methyl sites for hydroxylation is 1. The van der Waals surface area contributed by atoms with Crippen LogP contribution in [0.3, 0.4) is 0 Å². The van der Waals surface area contributed by atoms with Crippen LogP contribution in [0.2, 0.25) is 0 Å². The summed E-state index contributed by atoms with van der Waals surface area (Å²) in [7, 11) is 0. The number of amides is 1. The van der Waals surface area contributed by atoms with Gasteiger partial charge in [-0.3, -0.25) is 4.79 Å². The van der Waals surface area contributed by atoms with Crippen LogP contribution < -0.4 is 5.32 Å². The third-order valence-electron chi connectivity index (χ3n) is 3.71. The molecule has 0 bridgehead atoms. The molecular weight excluding hydrogens is 373 g/mol. The van der Waals surface area contributed by atoms with Crippen molar-refractivity contribution in [3.8, 4) is 5.69 Å². The van der Waals surface area contributed by atoms with Crippen molar-refractivity contribution in [2.24, 2.45) is 0 Å². The van der Waals surface area contributed by atoms with Crippen molar-refractivity contribution in [2.75, 3.05) is 5.32 Å². The van der Waals surface area contributed by atoms with E-state index in [9.17, 15) is 9.18 Å². The maximum absolute atomic E-state index is 13.9. The van der Waals surface area contributed by atoms with E-state index < -0.39 is 5.82 Å². The Morgan fingerprint density at radius 1 is 1.21 bits per heavy atom. The van der Waals surface area contributed by atoms with Crippen molar-refractivity contribution in [1.29, 1.82) is 0 Å². The van der Waals surface area contributed by atoms with Gasteiger partial charge in [0.1, 0.15) is 11.5 Å². The predicted octanol–water partition coefficient (Wildman–Crippen LogP) is 4.64. The number of carbonyl (C=O) groups excluding carboxylic acids is 1. The van der Waals surface area contributed by atoms with Gasteiger partial charge in [-0.05, 0) is 59.6 Å². The summed E-state index contributed by atoms with van der Waals surface area (Å²) in [6.45, 7) is 3.71. The Morgan fingerprint density at radius 3 is 2.67 bits per heavy atom. The van der Waals surface area contributed by atoms with E-state index >= 15 is 0 Å². The number of carbonyl (C=O) groups is 1. The minimum Gasteiger partial charge on any atom is -0.321 e. The predicted molar refractivity (Wildman–Crippen MR) is 95.1 cm³/mol. The average Bonchev–Trinajstić information content (AvgIpc) is 2.92. The van der Waals surface area contributed by atoms with Crippen LogP contribution in [0.25, 0.3) is 5.69 Å². The molecule has 3 rings (SSSR count). The zero-order chi connectivity index (χ0) is 17.3. The van der Waals surface area contributed by atoms with E-state index in [0.717, 1.165) is 10.0 Å². The first-order valence-corrected chi connectivity index (χ1v) is 8.13. The van der Waals surface area contributed by atoms with Gasteiger partial charge in [0.05, 0.1) is 23.1 Å². The van der Waals surface area contributed by atoms with Gasteiger partial charge < -0.3 is 5.32 Å². The SMILES string of the molecule is Cc1ccc(NC(=O)c2cnn(-c3ccccc3F)c2C)c(Br)c1. The topological polar surface area (TPSA) is 46.9 Å². The lowest BCUT2D eigenvalue weighted by Gasteiger charge is -2.09. The fourth-order valence-electron chi connectivity index (χ4n) is 2.41. The second-order valence-electron chi connectivity index (χ2n) is 5.44. The second kappa shape index (κ2) is 6.57. The molecule has 0 spiro atoms. The van der Waals surface area contributed by atoms with E-state index in [1.807, 2.05) is 25.1 Å². The van der Waals surface area contributed by atoms with Crippen molar-refractivity contribution >= 4 is 27.5 Å². The highest BCUT2D eigenvalue weighted by Crippen LogP contribution is 2.25. The Labute approximate surface area is 147 Å². The van der Waals surface area contributed by atoms with Gasteiger partial charge in [-0.25, -0.2) is 9.07 Å². The third-order valence-corrected chi connectivity index (χ3v) is 4.36. The largest absolute Gasteiger partial charge is 0.321 e. The Balaban J connectivity index is 1.91. The molecule has 122 valence electrons. The molecule has 24 heavy (non-hydrogen) atoms. The molecule has 1 heterocycles. The van der Waals surface area contributed by atoms with Gasteiger partial charge in [0.2, 0.25) is 0 Å². The highest BCUT2D eigenvalue weighted by atomic mass is 79.9. The van der Waals surface area contributed by atoms with Crippen molar-refractivity contribution in [3.05, 3.63) is 75.8 Å². The van der Waals surface area contributed by atoms with Crippen LogP contribution in [-0.2, 0) is 0 Å². The van der Waals surface area contributed by atoms with Gasteiger partial charge in [0, 0.05) is 4.47 Å². The molecule has 1 amide bonds.